The zero-order valence-electron chi connectivity index (χ0n) is 11.0. The fourth-order valence-corrected chi connectivity index (χ4v) is 3.98. The highest BCUT2D eigenvalue weighted by Crippen LogP contribution is 2.49. The van der Waals surface area contributed by atoms with Gasteiger partial charge < -0.3 is 5.32 Å². The first-order valence-corrected chi connectivity index (χ1v) is 7.20. The minimum Gasteiger partial charge on any atom is -0.310 e. The Hall–Kier alpha value is -0.890. The third-order valence-electron chi connectivity index (χ3n) is 4.95. The summed E-state index contributed by atoms with van der Waals surface area (Å²) in [7, 11) is 0. The Balaban J connectivity index is 1.54. The van der Waals surface area contributed by atoms with E-state index < -0.39 is 0 Å². The van der Waals surface area contributed by atoms with Gasteiger partial charge >= 0.3 is 0 Å². The average Bonchev–Trinajstić information content (AvgIpc) is 2.98. The minimum absolute atomic E-state index is 0.137. The fraction of sp³-hybridized carbons (Fsp3) is 0.625. The molecule has 1 aromatic rings. The SMILES string of the molecule is C[C@H](NCc1cccc(F)c1)[C@@H]1C[C@@H]2CC[C@@H]1C2. The Morgan fingerprint density at radius 1 is 1.33 bits per heavy atom. The minimum atomic E-state index is -0.137. The van der Waals surface area contributed by atoms with Crippen LogP contribution in [0.2, 0.25) is 0 Å². The molecule has 4 atom stereocenters. The first-order valence-electron chi connectivity index (χ1n) is 7.20. The van der Waals surface area contributed by atoms with Crippen LogP contribution >= 0.6 is 0 Å². The van der Waals surface area contributed by atoms with Crippen molar-refractivity contribution in [3.05, 3.63) is 35.6 Å². The van der Waals surface area contributed by atoms with Crippen molar-refractivity contribution in [1.29, 1.82) is 0 Å². The van der Waals surface area contributed by atoms with Crippen molar-refractivity contribution < 1.29 is 4.39 Å². The number of hydrogen-bond acceptors (Lipinski definition) is 1. The molecule has 1 nitrogen and oxygen atoms in total. The Labute approximate surface area is 109 Å². The summed E-state index contributed by atoms with van der Waals surface area (Å²) in [6.45, 7) is 3.08. The predicted octanol–water partition coefficient (Wildman–Crippen LogP) is 3.74. The molecule has 2 aliphatic rings. The Kier molecular flexibility index (Phi) is 3.38. The van der Waals surface area contributed by atoms with E-state index in [9.17, 15) is 4.39 Å². The van der Waals surface area contributed by atoms with Crippen LogP contribution in [0.25, 0.3) is 0 Å². The number of nitrogens with one attached hydrogen (secondary N) is 1. The van der Waals surface area contributed by atoms with Gasteiger partial charge in [0, 0.05) is 12.6 Å². The lowest BCUT2D eigenvalue weighted by molar-refractivity contribution is 0.259. The highest BCUT2D eigenvalue weighted by Gasteiger charge is 2.41. The average molecular weight is 247 g/mol. The molecule has 2 heteroatoms. The molecule has 0 unspecified atom stereocenters. The highest BCUT2D eigenvalue weighted by atomic mass is 19.1. The van der Waals surface area contributed by atoms with E-state index in [-0.39, 0.29) is 5.82 Å². The van der Waals surface area contributed by atoms with Gasteiger partial charge in [0.1, 0.15) is 5.82 Å². The van der Waals surface area contributed by atoms with E-state index in [1.165, 1.54) is 31.7 Å². The van der Waals surface area contributed by atoms with Crippen LogP contribution in [0.5, 0.6) is 0 Å². The summed E-state index contributed by atoms with van der Waals surface area (Å²) >= 11 is 0. The number of hydrogen-bond donors (Lipinski definition) is 1. The Morgan fingerprint density at radius 2 is 2.22 bits per heavy atom. The molecular weight excluding hydrogens is 225 g/mol. The zero-order valence-corrected chi connectivity index (χ0v) is 11.0. The second kappa shape index (κ2) is 5.00. The van der Waals surface area contributed by atoms with E-state index in [0.717, 1.165) is 29.9 Å². The molecule has 0 aromatic heterocycles. The van der Waals surface area contributed by atoms with Crippen molar-refractivity contribution in [2.75, 3.05) is 0 Å². The first-order chi connectivity index (χ1) is 8.72. The van der Waals surface area contributed by atoms with Crippen LogP contribution in [0.1, 0.15) is 38.2 Å². The van der Waals surface area contributed by atoms with Crippen molar-refractivity contribution in [3.63, 3.8) is 0 Å². The fourth-order valence-electron chi connectivity index (χ4n) is 3.98. The lowest BCUT2D eigenvalue weighted by Crippen LogP contribution is -2.35. The molecule has 2 saturated carbocycles. The summed E-state index contributed by atoms with van der Waals surface area (Å²) in [5.74, 6) is 2.66. The van der Waals surface area contributed by atoms with Crippen molar-refractivity contribution in [2.45, 2.75) is 45.2 Å². The van der Waals surface area contributed by atoms with Gasteiger partial charge in [0.25, 0.3) is 0 Å². The second-order valence-electron chi connectivity index (χ2n) is 6.14. The van der Waals surface area contributed by atoms with Crippen LogP contribution in [-0.4, -0.2) is 6.04 Å². The van der Waals surface area contributed by atoms with E-state index in [4.69, 9.17) is 0 Å². The van der Waals surface area contributed by atoms with E-state index in [1.54, 1.807) is 12.1 Å². The van der Waals surface area contributed by atoms with Gasteiger partial charge in [0.15, 0.2) is 0 Å². The molecule has 3 rings (SSSR count). The molecule has 0 spiro atoms. The van der Waals surface area contributed by atoms with Gasteiger partial charge in [0.2, 0.25) is 0 Å². The first kappa shape index (κ1) is 12.2. The number of halogens is 1. The maximum absolute atomic E-state index is 13.1. The van der Waals surface area contributed by atoms with Gasteiger partial charge in [-0.3, -0.25) is 0 Å². The third kappa shape index (κ3) is 2.44. The third-order valence-corrected chi connectivity index (χ3v) is 4.95. The number of benzene rings is 1. The molecule has 0 aliphatic heterocycles. The summed E-state index contributed by atoms with van der Waals surface area (Å²) in [5.41, 5.74) is 1.05. The summed E-state index contributed by atoms with van der Waals surface area (Å²) in [4.78, 5) is 0. The lowest BCUT2D eigenvalue weighted by atomic mass is 9.84. The molecule has 0 heterocycles. The van der Waals surface area contributed by atoms with Gasteiger partial charge in [-0.05, 0) is 61.6 Å². The Morgan fingerprint density at radius 3 is 2.89 bits per heavy atom. The van der Waals surface area contributed by atoms with Crippen LogP contribution in [-0.2, 0) is 6.54 Å². The second-order valence-corrected chi connectivity index (χ2v) is 6.14. The molecule has 1 N–H and O–H groups in total. The summed E-state index contributed by atoms with van der Waals surface area (Å²) in [5, 5.41) is 3.59. The van der Waals surface area contributed by atoms with Crippen LogP contribution < -0.4 is 5.32 Å². The smallest absolute Gasteiger partial charge is 0.123 e. The molecule has 1 aromatic carbocycles. The maximum Gasteiger partial charge on any atom is 0.123 e. The Bertz CT molecular complexity index is 417. The summed E-state index contributed by atoms with van der Waals surface area (Å²) < 4.78 is 13.1. The molecule has 98 valence electrons. The largest absolute Gasteiger partial charge is 0.310 e. The van der Waals surface area contributed by atoms with Crippen molar-refractivity contribution in [1.82, 2.24) is 5.32 Å². The van der Waals surface area contributed by atoms with Crippen LogP contribution in [0.15, 0.2) is 24.3 Å². The predicted molar refractivity (Wildman–Crippen MR) is 71.6 cm³/mol. The standard InChI is InChI=1S/C16H22FN/c1-11(16-9-12-5-6-14(16)7-12)18-10-13-3-2-4-15(17)8-13/h2-4,8,11-12,14,16,18H,5-7,9-10H2,1H3/t11-,12+,14+,16-/m0/s1. The summed E-state index contributed by atoms with van der Waals surface area (Å²) in [6.07, 6.45) is 5.75. The number of rotatable bonds is 4. The number of fused-ring (bicyclic) bond motifs is 2. The molecule has 0 saturated heterocycles. The van der Waals surface area contributed by atoms with Gasteiger partial charge in [-0.1, -0.05) is 18.6 Å². The zero-order chi connectivity index (χ0) is 12.5. The van der Waals surface area contributed by atoms with E-state index in [1.807, 2.05) is 6.07 Å². The van der Waals surface area contributed by atoms with Gasteiger partial charge in [-0.25, -0.2) is 4.39 Å². The highest BCUT2D eigenvalue weighted by molar-refractivity contribution is 5.16. The molecule has 2 aliphatic carbocycles. The summed E-state index contributed by atoms with van der Waals surface area (Å²) in [6, 6.07) is 7.46. The molecule has 0 amide bonds. The quantitative estimate of drug-likeness (QED) is 0.854. The van der Waals surface area contributed by atoms with E-state index in [2.05, 4.69) is 12.2 Å². The maximum atomic E-state index is 13.1. The molecule has 18 heavy (non-hydrogen) atoms. The van der Waals surface area contributed by atoms with Crippen molar-refractivity contribution in [2.24, 2.45) is 17.8 Å². The molecule has 0 radical (unpaired) electrons. The topological polar surface area (TPSA) is 12.0 Å². The normalized spacial score (nSPS) is 31.8. The van der Waals surface area contributed by atoms with Gasteiger partial charge in [0.05, 0.1) is 0 Å². The lowest BCUT2D eigenvalue weighted by Gasteiger charge is -2.28. The van der Waals surface area contributed by atoms with Crippen molar-refractivity contribution >= 4 is 0 Å². The van der Waals surface area contributed by atoms with E-state index in [0.29, 0.717) is 6.04 Å². The van der Waals surface area contributed by atoms with E-state index >= 15 is 0 Å². The van der Waals surface area contributed by atoms with Crippen molar-refractivity contribution in [3.8, 4) is 0 Å². The van der Waals surface area contributed by atoms with Gasteiger partial charge in [-0.15, -0.1) is 0 Å². The molecule has 2 fully saturated rings. The molecule has 2 bridgehead atoms. The molecular formula is C16H22FN. The van der Waals surface area contributed by atoms with Crippen LogP contribution in [0.4, 0.5) is 4.39 Å². The van der Waals surface area contributed by atoms with Crippen LogP contribution in [0.3, 0.4) is 0 Å². The van der Waals surface area contributed by atoms with Crippen LogP contribution in [0, 0.1) is 23.6 Å². The van der Waals surface area contributed by atoms with Gasteiger partial charge in [-0.2, -0.15) is 0 Å². The monoisotopic (exact) mass is 247 g/mol.